The molecule has 160 valence electrons. The predicted octanol–water partition coefficient (Wildman–Crippen LogP) is 2.13. The number of ketones is 1. The summed E-state index contributed by atoms with van der Waals surface area (Å²) < 4.78 is 0. The molecule has 0 spiro atoms. The van der Waals surface area contributed by atoms with Crippen LogP contribution in [0.4, 0.5) is 11.4 Å². The minimum absolute atomic E-state index is 0.137. The second kappa shape index (κ2) is 9.54. The van der Waals surface area contributed by atoms with Crippen LogP contribution in [0.25, 0.3) is 0 Å². The molecule has 0 aromatic heterocycles. The number of amides is 1. The highest BCUT2D eigenvalue weighted by molar-refractivity contribution is 6.27. The number of nitro groups is 1. The lowest BCUT2D eigenvalue weighted by atomic mass is 10.0. The first-order chi connectivity index (χ1) is 14.6. The molecule has 0 bridgehead atoms. The number of alkyl halides is 1. The van der Waals surface area contributed by atoms with Crippen LogP contribution < -0.4 is 5.32 Å². The number of benzene rings is 2. The molecule has 0 radical (unpaired) electrons. The van der Waals surface area contributed by atoms with Gasteiger partial charge in [-0.2, -0.15) is 5.11 Å². The Bertz CT molecular complexity index is 1070. The molecule has 0 saturated carbocycles. The monoisotopic (exact) mass is 448 g/mol. The number of carboxylic acid groups (broad SMARTS) is 2. The molecule has 2 aromatic rings. The van der Waals surface area contributed by atoms with E-state index < -0.39 is 45.8 Å². The smallest absolute Gasteiger partial charge is 0.366 e. The lowest BCUT2D eigenvalue weighted by Crippen LogP contribution is -2.59. The minimum atomic E-state index is -3.24. The van der Waals surface area contributed by atoms with Crippen LogP contribution in [-0.2, 0) is 14.4 Å². The van der Waals surface area contributed by atoms with Gasteiger partial charge in [0, 0.05) is 17.7 Å². The van der Waals surface area contributed by atoms with Gasteiger partial charge in [0.2, 0.25) is 5.91 Å². The van der Waals surface area contributed by atoms with Gasteiger partial charge < -0.3 is 15.5 Å². The number of hydrogen-bond donors (Lipinski definition) is 3. The fraction of sp³-hybridized carbons (Fsp3) is 0.111. The topological polar surface area (TPSA) is 189 Å². The van der Waals surface area contributed by atoms with Crippen LogP contribution in [-0.4, -0.2) is 50.3 Å². The Labute approximate surface area is 178 Å². The number of carbonyl (C=O) groups is 4. The average molecular weight is 449 g/mol. The molecule has 0 heterocycles. The number of rotatable bonds is 9. The van der Waals surface area contributed by atoms with Crippen molar-refractivity contribution in [1.82, 2.24) is 5.32 Å². The highest BCUT2D eigenvalue weighted by Crippen LogP contribution is 2.28. The molecular formula is C18H13ClN4O8. The van der Waals surface area contributed by atoms with Crippen molar-refractivity contribution < 1.29 is 34.3 Å². The first kappa shape index (κ1) is 23.1. The van der Waals surface area contributed by atoms with E-state index in [1.54, 1.807) is 23.5 Å². The van der Waals surface area contributed by atoms with Gasteiger partial charge in [0.05, 0.1) is 16.2 Å². The normalized spacial score (nSPS) is 11.1. The SMILES string of the molecule is O=C(CCl)NC(N=Nc1ccc([N+](=O)[O-])cc1C(=O)c1ccccc1)(C(=O)O)C(=O)O. The van der Waals surface area contributed by atoms with E-state index in [0.29, 0.717) is 0 Å². The van der Waals surface area contributed by atoms with Crippen LogP contribution in [0.3, 0.4) is 0 Å². The molecule has 2 aromatic carbocycles. The predicted molar refractivity (Wildman–Crippen MR) is 104 cm³/mol. The Morgan fingerprint density at radius 1 is 1.06 bits per heavy atom. The Hall–Kier alpha value is -4.19. The summed E-state index contributed by atoms with van der Waals surface area (Å²) in [5.41, 5.74) is -4.25. The van der Waals surface area contributed by atoms with Crippen LogP contribution in [0.1, 0.15) is 15.9 Å². The summed E-state index contributed by atoms with van der Waals surface area (Å²) in [7, 11) is 0. The Kier molecular flexibility index (Phi) is 7.11. The lowest BCUT2D eigenvalue weighted by molar-refractivity contribution is -0.384. The van der Waals surface area contributed by atoms with E-state index in [2.05, 4.69) is 10.2 Å². The summed E-state index contributed by atoms with van der Waals surface area (Å²) in [5.74, 6) is -6.79. The number of nitrogens with zero attached hydrogens (tertiary/aromatic N) is 3. The van der Waals surface area contributed by atoms with E-state index in [0.717, 1.165) is 18.2 Å². The number of non-ortho nitro benzene ring substituents is 1. The van der Waals surface area contributed by atoms with Crippen molar-refractivity contribution in [2.45, 2.75) is 5.66 Å². The van der Waals surface area contributed by atoms with E-state index in [9.17, 15) is 39.5 Å². The number of halogens is 1. The van der Waals surface area contributed by atoms with E-state index in [-0.39, 0.29) is 16.8 Å². The van der Waals surface area contributed by atoms with Gasteiger partial charge in [-0.3, -0.25) is 19.7 Å². The van der Waals surface area contributed by atoms with Gasteiger partial charge in [0.25, 0.3) is 5.69 Å². The van der Waals surface area contributed by atoms with Crippen molar-refractivity contribution in [3.8, 4) is 0 Å². The van der Waals surface area contributed by atoms with E-state index in [4.69, 9.17) is 11.6 Å². The zero-order chi connectivity index (χ0) is 23.2. The molecule has 0 aliphatic rings. The summed E-state index contributed by atoms with van der Waals surface area (Å²) in [4.78, 5) is 57.8. The van der Waals surface area contributed by atoms with E-state index >= 15 is 0 Å². The average Bonchev–Trinajstić information content (AvgIpc) is 2.75. The molecule has 1 amide bonds. The maximum atomic E-state index is 12.8. The molecule has 12 nitrogen and oxygen atoms in total. The third-order valence-electron chi connectivity index (χ3n) is 3.84. The number of hydrogen-bond acceptors (Lipinski definition) is 8. The minimum Gasteiger partial charge on any atom is -0.478 e. The number of nitrogens with one attached hydrogen (secondary N) is 1. The molecule has 31 heavy (non-hydrogen) atoms. The molecule has 2 rings (SSSR count). The van der Waals surface area contributed by atoms with Crippen molar-refractivity contribution >= 4 is 46.6 Å². The molecule has 0 unspecified atom stereocenters. The van der Waals surface area contributed by atoms with Crippen LogP contribution >= 0.6 is 11.6 Å². The van der Waals surface area contributed by atoms with Crippen molar-refractivity contribution in [2.75, 3.05) is 5.88 Å². The number of carboxylic acids is 2. The summed E-state index contributed by atoms with van der Waals surface area (Å²) >= 11 is 5.29. The van der Waals surface area contributed by atoms with Gasteiger partial charge in [-0.25, -0.2) is 9.59 Å². The van der Waals surface area contributed by atoms with Gasteiger partial charge in [-0.05, 0) is 6.07 Å². The van der Waals surface area contributed by atoms with Crippen molar-refractivity contribution in [2.24, 2.45) is 10.2 Å². The van der Waals surface area contributed by atoms with Gasteiger partial charge in [0.15, 0.2) is 5.78 Å². The third kappa shape index (κ3) is 5.05. The highest BCUT2D eigenvalue weighted by Gasteiger charge is 2.49. The fourth-order valence-corrected chi connectivity index (χ4v) is 2.39. The van der Waals surface area contributed by atoms with Crippen LogP contribution in [0.5, 0.6) is 0 Å². The van der Waals surface area contributed by atoms with Crippen molar-refractivity contribution in [3.63, 3.8) is 0 Å². The van der Waals surface area contributed by atoms with E-state index in [1.165, 1.54) is 12.1 Å². The molecule has 0 aliphatic heterocycles. The maximum absolute atomic E-state index is 12.8. The standard InChI is InChI=1S/C18H13ClN4O8/c19-9-14(24)20-18(16(26)27,17(28)29)22-21-13-7-6-11(23(30)31)8-12(13)15(25)10-4-2-1-3-5-10/h1-8H,9H2,(H,20,24)(H,26,27)(H,28,29). The second-order valence-electron chi connectivity index (χ2n) is 5.86. The highest BCUT2D eigenvalue weighted by atomic mass is 35.5. The molecule has 3 N–H and O–H groups in total. The lowest BCUT2D eigenvalue weighted by Gasteiger charge is -2.20. The molecule has 0 aliphatic carbocycles. The summed E-state index contributed by atoms with van der Waals surface area (Å²) in [6.45, 7) is 0. The summed E-state index contributed by atoms with van der Waals surface area (Å²) in [6.07, 6.45) is 0. The first-order valence-corrected chi connectivity index (χ1v) is 8.80. The number of azo groups is 1. The van der Waals surface area contributed by atoms with Gasteiger partial charge >= 0.3 is 17.6 Å². The van der Waals surface area contributed by atoms with Crippen molar-refractivity contribution in [3.05, 3.63) is 69.8 Å². The Morgan fingerprint density at radius 2 is 1.68 bits per heavy atom. The zero-order valence-electron chi connectivity index (χ0n) is 15.4. The summed E-state index contributed by atoms with van der Waals surface area (Å²) in [6, 6.07) is 10.5. The Balaban J connectivity index is 2.63. The maximum Gasteiger partial charge on any atom is 0.366 e. The first-order valence-electron chi connectivity index (χ1n) is 8.27. The number of nitro benzene ring substituents is 1. The van der Waals surface area contributed by atoms with Gasteiger partial charge in [-0.1, -0.05) is 30.3 Å². The van der Waals surface area contributed by atoms with Crippen molar-refractivity contribution in [1.29, 1.82) is 0 Å². The summed E-state index contributed by atoms with van der Waals surface area (Å²) in [5, 5.41) is 38.2. The zero-order valence-corrected chi connectivity index (χ0v) is 16.1. The fourth-order valence-electron chi connectivity index (χ4n) is 2.32. The van der Waals surface area contributed by atoms with Gasteiger partial charge in [0.1, 0.15) is 5.88 Å². The van der Waals surface area contributed by atoms with Gasteiger partial charge in [-0.15, -0.1) is 16.7 Å². The molecule has 0 fully saturated rings. The van der Waals surface area contributed by atoms with Crippen LogP contribution in [0.2, 0.25) is 0 Å². The van der Waals surface area contributed by atoms with E-state index in [1.807, 2.05) is 0 Å². The van der Waals surface area contributed by atoms with Crippen LogP contribution in [0, 0.1) is 10.1 Å². The molecule has 0 atom stereocenters. The number of aliphatic carboxylic acids is 2. The second-order valence-corrected chi connectivity index (χ2v) is 6.12. The third-order valence-corrected chi connectivity index (χ3v) is 4.08. The quantitative estimate of drug-likeness (QED) is 0.130. The van der Waals surface area contributed by atoms with Crippen LogP contribution in [0.15, 0.2) is 58.8 Å². The molecule has 13 heteroatoms. The largest absolute Gasteiger partial charge is 0.478 e. The molecule has 0 saturated heterocycles. The molecular weight excluding hydrogens is 436 g/mol. The Morgan fingerprint density at radius 3 is 2.19 bits per heavy atom. The number of carbonyl (C=O) groups excluding carboxylic acids is 2.